The molecule has 0 saturated heterocycles. The molecule has 19 heavy (non-hydrogen) atoms. The fourth-order valence-corrected chi connectivity index (χ4v) is 2.05. The Labute approximate surface area is 121 Å². The molecule has 0 aromatic heterocycles. The van der Waals surface area contributed by atoms with E-state index in [0.717, 1.165) is 10.2 Å². The first-order chi connectivity index (χ1) is 8.88. The van der Waals surface area contributed by atoms with Gasteiger partial charge in [0, 0.05) is 17.2 Å². The number of nitrogens with zero attached hydrogens (tertiary/aromatic N) is 1. The first-order valence-corrected chi connectivity index (χ1v) is 6.78. The Morgan fingerprint density at radius 2 is 1.74 bits per heavy atom. The molecule has 1 amide bonds. The molecule has 0 heterocycles. The zero-order chi connectivity index (χ0) is 14.6. The number of benzene rings is 1. The van der Waals surface area contributed by atoms with Crippen LogP contribution in [-0.4, -0.2) is 26.0 Å². The van der Waals surface area contributed by atoms with Gasteiger partial charge in [-0.25, -0.2) is 0 Å². The maximum absolute atomic E-state index is 12.4. The van der Waals surface area contributed by atoms with E-state index in [9.17, 15) is 9.59 Å². The molecule has 1 unspecified atom stereocenters. The number of methoxy groups -OCH3 is 1. The molecular weight excluding hydrogens is 310 g/mol. The van der Waals surface area contributed by atoms with Crippen LogP contribution >= 0.6 is 15.9 Å². The number of ether oxygens (including phenoxy) is 1. The van der Waals surface area contributed by atoms with Crippen LogP contribution in [0.15, 0.2) is 28.7 Å². The minimum Gasteiger partial charge on any atom is -0.468 e. The Kier molecular flexibility index (Phi) is 5.54. The number of hydrogen-bond acceptors (Lipinski definition) is 3. The van der Waals surface area contributed by atoms with Gasteiger partial charge in [-0.2, -0.15) is 0 Å². The lowest BCUT2D eigenvalue weighted by Crippen LogP contribution is -2.40. The van der Waals surface area contributed by atoms with E-state index in [0.29, 0.717) is 0 Å². The van der Waals surface area contributed by atoms with Gasteiger partial charge < -0.3 is 9.64 Å². The first-order valence-electron chi connectivity index (χ1n) is 5.99. The molecule has 0 aliphatic rings. The monoisotopic (exact) mass is 327 g/mol. The summed E-state index contributed by atoms with van der Waals surface area (Å²) in [6.07, 6.45) is 0. The van der Waals surface area contributed by atoms with E-state index in [1.165, 1.54) is 12.0 Å². The summed E-state index contributed by atoms with van der Waals surface area (Å²) in [5.41, 5.74) is 0.739. The summed E-state index contributed by atoms with van der Waals surface area (Å²) in [4.78, 5) is 25.6. The second kappa shape index (κ2) is 6.70. The van der Waals surface area contributed by atoms with Gasteiger partial charge >= 0.3 is 5.97 Å². The second-order valence-electron chi connectivity index (χ2n) is 4.62. The topological polar surface area (TPSA) is 46.6 Å². The van der Waals surface area contributed by atoms with Crippen LogP contribution in [0, 0.1) is 11.8 Å². The Balaban J connectivity index is 2.96. The molecule has 0 bridgehead atoms. The molecule has 0 N–H and O–H groups in total. The molecule has 0 aliphatic carbocycles. The van der Waals surface area contributed by atoms with Gasteiger partial charge in [0.15, 0.2) is 0 Å². The number of carbonyl (C=O) groups is 2. The molecular formula is C14H18BrNO3. The number of rotatable bonds is 4. The number of anilines is 1. The highest BCUT2D eigenvalue weighted by Gasteiger charge is 2.33. The van der Waals surface area contributed by atoms with Crippen molar-refractivity contribution < 1.29 is 14.3 Å². The number of halogens is 1. The molecule has 5 heteroatoms. The number of esters is 1. The van der Waals surface area contributed by atoms with Crippen LogP contribution in [0.3, 0.4) is 0 Å². The highest BCUT2D eigenvalue weighted by atomic mass is 79.9. The van der Waals surface area contributed by atoms with Crippen molar-refractivity contribution in [2.24, 2.45) is 11.8 Å². The molecule has 0 fully saturated rings. The molecule has 1 atom stereocenters. The summed E-state index contributed by atoms with van der Waals surface area (Å²) in [6, 6.07) is 7.33. The maximum atomic E-state index is 12.4. The Morgan fingerprint density at radius 3 is 2.16 bits per heavy atom. The lowest BCUT2D eigenvalue weighted by molar-refractivity contribution is -0.151. The predicted molar refractivity (Wildman–Crippen MR) is 77.9 cm³/mol. The average molecular weight is 328 g/mol. The van der Waals surface area contributed by atoms with Gasteiger partial charge in [0.25, 0.3) is 0 Å². The summed E-state index contributed by atoms with van der Waals surface area (Å²) in [5, 5.41) is 0. The molecule has 1 aromatic carbocycles. The van der Waals surface area contributed by atoms with Gasteiger partial charge in [0.2, 0.25) is 5.91 Å². The molecule has 1 rings (SSSR count). The largest absolute Gasteiger partial charge is 0.468 e. The molecule has 0 radical (unpaired) electrons. The van der Waals surface area contributed by atoms with Gasteiger partial charge in [-0.05, 0) is 30.2 Å². The van der Waals surface area contributed by atoms with Crippen molar-refractivity contribution in [2.45, 2.75) is 13.8 Å². The number of hydrogen-bond donors (Lipinski definition) is 0. The average Bonchev–Trinajstić information content (AvgIpc) is 2.38. The number of amides is 1. The second-order valence-corrected chi connectivity index (χ2v) is 5.53. The van der Waals surface area contributed by atoms with Crippen LogP contribution in [-0.2, 0) is 14.3 Å². The fourth-order valence-electron chi connectivity index (χ4n) is 1.79. The molecule has 4 nitrogen and oxygen atoms in total. The zero-order valence-corrected chi connectivity index (χ0v) is 13.1. The van der Waals surface area contributed by atoms with E-state index in [-0.39, 0.29) is 11.8 Å². The van der Waals surface area contributed by atoms with E-state index >= 15 is 0 Å². The smallest absolute Gasteiger partial charge is 0.318 e. The van der Waals surface area contributed by atoms with Crippen LogP contribution in [0.2, 0.25) is 0 Å². The third kappa shape index (κ3) is 3.80. The van der Waals surface area contributed by atoms with Crippen molar-refractivity contribution >= 4 is 33.5 Å². The Morgan fingerprint density at radius 1 is 1.21 bits per heavy atom. The van der Waals surface area contributed by atoms with Gasteiger partial charge in [0.1, 0.15) is 5.92 Å². The van der Waals surface area contributed by atoms with E-state index in [4.69, 9.17) is 4.74 Å². The van der Waals surface area contributed by atoms with Crippen LogP contribution in [0.4, 0.5) is 5.69 Å². The SMILES string of the molecule is COC(=O)C(C(=O)N(C)c1ccc(Br)cc1)C(C)C. The van der Waals surface area contributed by atoms with Crippen molar-refractivity contribution in [3.8, 4) is 0 Å². The lowest BCUT2D eigenvalue weighted by atomic mass is 9.94. The molecule has 0 saturated carbocycles. The molecule has 0 aliphatic heterocycles. The Hall–Kier alpha value is -1.36. The molecule has 0 spiro atoms. The summed E-state index contributed by atoms with van der Waals surface area (Å²) < 4.78 is 5.64. The Bertz CT molecular complexity index is 456. The van der Waals surface area contributed by atoms with Gasteiger partial charge in [-0.15, -0.1) is 0 Å². The van der Waals surface area contributed by atoms with E-state index in [1.54, 1.807) is 7.05 Å². The predicted octanol–water partition coefficient (Wildman–Crippen LogP) is 2.86. The van der Waals surface area contributed by atoms with Crippen molar-refractivity contribution in [1.29, 1.82) is 0 Å². The minimum atomic E-state index is -0.779. The van der Waals surface area contributed by atoms with Gasteiger partial charge in [-0.1, -0.05) is 29.8 Å². The summed E-state index contributed by atoms with van der Waals surface area (Å²) in [6.45, 7) is 3.66. The van der Waals surface area contributed by atoms with Crippen LogP contribution in [0.25, 0.3) is 0 Å². The molecule has 1 aromatic rings. The first kappa shape index (κ1) is 15.7. The highest BCUT2D eigenvalue weighted by molar-refractivity contribution is 9.10. The van der Waals surface area contributed by atoms with Crippen LogP contribution in [0.1, 0.15) is 13.8 Å². The number of carbonyl (C=O) groups excluding carboxylic acids is 2. The van der Waals surface area contributed by atoms with Crippen molar-refractivity contribution in [3.05, 3.63) is 28.7 Å². The summed E-state index contributed by atoms with van der Waals surface area (Å²) in [7, 11) is 2.95. The quantitative estimate of drug-likeness (QED) is 0.631. The lowest BCUT2D eigenvalue weighted by Gasteiger charge is -2.24. The zero-order valence-electron chi connectivity index (χ0n) is 11.5. The van der Waals surface area contributed by atoms with E-state index < -0.39 is 11.9 Å². The highest BCUT2D eigenvalue weighted by Crippen LogP contribution is 2.22. The van der Waals surface area contributed by atoms with Crippen molar-refractivity contribution in [3.63, 3.8) is 0 Å². The van der Waals surface area contributed by atoms with Crippen molar-refractivity contribution in [2.75, 3.05) is 19.1 Å². The fraction of sp³-hybridized carbons (Fsp3) is 0.429. The van der Waals surface area contributed by atoms with Crippen molar-refractivity contribution in [1.82, 2.24) is 0 Å². The normalized spacial score (nSPS) is 12.1. The third-order valence-corrected chi connectivity index (χ3v) is 3.46. The summed E-state index contributed by atoms with van der Waals surface area (Å²) in [5.74, 6) is -1.65. The van der Waals surface area contributed by atoms with E-state index in [1.807, 2.05) is 38.1 Å². The third-order valence-electron chi connectivity index (χ3n) is 2.93. The van der Waals surface area contributed by atoms with Crippen LogP contribution < -0.4 is 4.90 Å². The minimum absolute atomic E-state index is 0.113. The molecule has 104 valence electrons. The standard InChI is InChI=1S/C14H18BrNO3/c1-9(2)12(14(18)19-4)13(17)16(3)11-7-5-10(15)6-8-11/h5-9,12H,1-4H3. The van der Waals surface area contributed by atoms with E-state index in [2.05, 4.69) is 15.9 Å². The van der Waals surface area contributed by atoms with Crippen LogP contribution in [0.5, 0.6) is 0 Å². The summed E-state index contributed by atoms with van der Waals surface area (Å²) >= 11 is 3.34. The van der Waals surface area contributed by atoms with Gasteiger partial charge in [-0.3, -0.25) is 9.59 Å². The van der Waals surface area contributed by atoms with Gasteiger partial charge in [0.05, 0.1) is 7.11 Å². The maximum Gasteiger partial charge on any atom is 0.318 e.